The summed E-state index contributed by atoms with van der Waals surface area (Å²) < 4.78 is 0. The predicted molar refractivity (Wildman–Crippen MR) is 54.8 cm³/mol. The second-order valence-corrected chi connectivity index (χ2v) is 2.83. The van der Waals surface area contributed by atoms with Crippen molar-refractivity contribution in [2.45, 2.75) is 40.0 Å². The Morgan fingerprint density at radius 1 is 1.36 bits per heavy atom. The molecule has 11 heavy (non-hydrogen) atoms. The Kier molecular flexibility index (Phi) is 14.5. The zero-order valence-electron chi connectivity index (χ0n) is 8.27. The van der Waals surface area contributed by atoms with Crippen LogP contribution in [0.1, 0.15) is 40.0 Å². The van der Waals surface area contributed by atoms with E-state index < -0.39 is 0 Å². The molecule has 0 rings (SSSR count). The molecule has 0 amide bonds. The Hall–Kier alpha value is -0.520. The Balaban J connectivity index is 0. The number of hydrogen-bond donors (Lipinski definition) is 0. The minimum absolute atomic E-state index is 0.845. The first-order chi connectivity index (χ1) is 5.22. The van der Waals surface area contributed by atoms with Gasteiger partial charge in [0.2, 0.25) is 0 Å². The minimum atomic E-state index is 0.845. The zero-order valence-corrected chi connectivity index (χ0v) is 8.27. The van der Waals surface area contributed by atoms with Crippen LogP contribution in [-0.2, 0) is 0 Å². The van der Waals surface area contributed by atoms with Crippen molar-refractivity contribution in [3.05, 3.63) is 25.3 Å². The summed E-state index contributed by atoms with van der Waals surface area (Å²) in [7, 11) is 0. The lowest BCUT2D eigenvalue weighted by Gasteiger charge is -2.03. The molecule has 0 saturated heterocycles. The van der Waals surface area contributed by atoms with Gasteiger partial charge in [0.25, 0.3) is 0 Å². The highest BCUT2D eigenvalue weighted by Gasteiger charge is 1.94. The molecule has 0 saturated carbocycles. The second kappa shape index (κ2) is 12.2. The van der Waals surface area contributed by atoms with E-state index in [1.54, 1.807) is 6.08 Å². The molecule has 0 fully saturated rings. The van der Waals surface area contributed by atoms with Crippen LogP contribution in [0.15, 0.2) is 25.3 Å². The van der Waals surface area contributed by atoms with Crippen molar-refractivity contribution < 1.29 is 0 Å². The predicted octanol–water partition coefficient (Wildman–Crippen LogP) is 4.19. The quantitative estimate of drug-likeness (QED) is 0.533. The highest BCUT2D eigenvalue weighted by atomic mass is 14.0. The van der Waals surface area contributed by atoms with E-state index in [9.17, 15) is 0 Å². The van der Waals surface area contributed by atoms with Gasteiger partial charge in [-0.1, -0.05) is 38.8 Å². The highest BCUT2D eigenvalue weighted by Crippen LogP contribution is 2.08. The van der Waals surface area contributed by atoms with Crippen molar-refractivity contribution in [1.29, 1.82) is 0 Å². The highest BCUT2D eigenvalue weighted by molar-refractivity contribution is 4.69. The summed E-state index contributed by atoms with van der Waals surface area (Å²) in [4.78, 5) is 0. The van der Waals surface area contributed by atoms with Gasteiger partial charge >= 0.3 is 0 Å². The van der Waals surface area contributed by atoms with E-state index in [1.165, 1.54) is 19.3 Å². The summed E-state index contributed by atoms with van der Waals surface area (Å²) in [6.07, 6.45) is 7.56. The summed E-state index contributed by atoms with van der Waals surface area (Å²) in [6.45, 7) is 13.4. The van der Waals surface area contributed by atoms with Gasteiger partial charge in [0.15, 0.2) is 0 Å². The van der Waals surface area contributed by atoms with Crippen LogP contribution in [0.3, 0.4) is 0 Å². The molecule has 1 unspecified atom stereocenters. The summed E-state index contributed by atoms with van der Waals surface area (Å²) in [5, 5.41) is 0. The third-order valence-corrected chi connectivity index (χ3v) is 1.35. The lowest BCUT2D eigenvalue weighted by molar-refractivity contribution is 0.532. The van der Waals surface area contributed by atoms with E-state index in [0.717, 1.165) is 5.92 Å². The molecule has 0 heteroatoms. The molecule has 0 aliphatic carbocycles. The van der Waals surface area contributed by atoms with E-state index in [-0.39, 0.29) is 0 Å². The molecule has 0 aromatic rings. The molecule has 0 aliphatic rings. The monoisotopic (exact) mass is 154 g/mol. The van der Waals surface area contributed by atoms with Gasteiger partial charge in [-0.2, -0.15) is 0 Å². The molecule has 0 aromatic carbocycles. The third-order valence-electron chi connectivity index (χ3n) is 1.35. The van der Waals surface area contributed by atoms with Crippen LogP contribution >= 0.6 is 0 Å². The van der Waals surface area contributed by atoms with Gasteiger partial charge in [-0.25, -0.2) is 0 Å². The molecule has 0 N–H and O–H groups in total. The van der Waals surface area contributed by atoms with Crippen LogP contribution in [0.4, 0.5) is 0 Å². The van der Waals surface area contributed by atoms with Gasteiger partial charge in [0.05, 0.1) is 0 Å². The van der Waals surface area contributed by atoms with Crippen LogP contribution < -0.4 is 0 Å². The largest absolute Gasteiger partial charge is 0.103 e. The number of rotatable bonds is 4. The number of hydrogen-bond acceptors (Lipinski definition) is 0. The average Bonchev–Trinajstić information content (AvgIpc) is 1.90. The molecular weight excluding hydrogens is 132 g/mol. The molecule has 66 valence electrons. The molecular formula is C11H22. The summed E-state index contributed by atoms with van der Waals surface area (Å²) in [5.74, 6) is 0.845. The summed E-state index contributed by atoms with van der Waals surface area (Å²) in [6, 6.07) is 0. The first-order valence-electron chi connectivity index (χ1n) is 4.40. The molecule has 0 spiro atoms. The van der Waals surface area contributed by atoms with Gasteiger partial charge in [0, 0.05) is 0 Å². The van der Waals surface area contributed by atoms with Crippen molar-refractivity contribution in [2.24, 2.45) is 5.92 Å². The maximum atomic E-state index is 3.68. The van der Waals surface area contributed by atoms with Gasteiger partial charge < -0.3 is 0 Å². The SMILES string of the molecule is C=CC.C=CCC(C)CCC. The van der Waals surface area contributed by atoms with E-state index in [0.29, 0.717) is 0 Å². The van der Waals surface area contributed by atoms with Crippen LogP contribution in [0.5, 0.6) is 0 Å². The maximum Gasteiger partial charge on any atom is -0.0328 e. The van der Waals surface area contributed by atoms with Crippen molar-refractivity contribution in [2.75, 3.05) is 0 Å². The Bertz CT molecular complexity index is 82.0. The topological polar surface area (TPSA) is 0 Å². The van der Waals surface area contributed by atoms with E-state index in [1.807, 2.05) is 13.0 Å². The van der Waals surface area contributed by atoms with Crippen molar-refractivity contribution >= 4 is 0 Å². The van der Waals surface area contributed by atoms with Crippen molar-refractivity contribution in [3.8, 4) is 0 Å². The molecule has 1 atom stereocenters. The van der Waals surface area contributed by atoms with Crippen LogP contribution in [0, 0.1) is 5.92 Å². The van der Waals surface area contributed by atoms with Gasteiger partial charge in [-0.05, 0) is 19.3 Å². The van der Waals surface area contributed by atoms with E-state index in [2.05, 4.69) is 27.0 Å². The van der Waals surface area contributed by atoms with E-state index in [4.69, 9.17) is 0 Å². The van der Waals surface area contributed by atoms with Gasteiger partial charge in [-0.15, -0.1) is 13.2 Å². The molecule has 0 aromatic heterocycles. The Morgan fingerprint density at radius 3 is 2.09 bits per heavy atom. The second-order valence-electron chi connectivity index (χ2n) is 2.83. The maximum absolute atomic E-state index is 3.68. The van der Waals surface area contributed by atoms with Crippen LogP contribution in [0.25, 0.3) is 0 Å². The van der Waals surface area contributed by atoms with Gasteiger partial charge in [-0.3, -0.25) is 0 Å². The molecule has 0 radical (unpaired) electrons. The summed E-state index contributed by atoms with van der Waals surface area (Å²) >= 11 is 0. The van der Waals surface area contributed by atoms with Crippen LogP contribution in [-0.4, -0.2) is 0 Å². The molecule has 0 bridgehead atoms. The number of allylic oxidation sites excluding steroid dienone is 2. The van der Waals surface area contributed by atoms with Crippen LogP contribution in [0.2, 0.25) is 0 Å². The van der Waals surface area contributed by atoms with Crippen molar-refractivity contribution in [3.63, 3.8) is 0 Å². The normalized spacial score (nSPS) is 10.8. The smallest absolute Gasteiger partial charge is 0.0328 e. The fourth-order valence-corrected chi connectivity index (χ4v) is 0.895. The average molecular weight is 154 g/mol. The Morgan fingerprint density at radius 2 is 1.82 bits per heavy atom. The molecule has 0 nitrogen and oxygen atoms in total. The van der Waals surface area contributed by atoms with E-state index >= 15 is 0 Å². The van der Waals surface area contributed by atoms with Gasteiger partial charge in [0.1, 0.15) is 0 Å². The lowest BCUT2D eigenvalue weighted by Crippen LogP contribution is -1.89. The fraction of sp³-hybridized carbons (Fsp3) is 0.636. The lowest BCUT2D eigenvalue weighted by atomic mass is 10.0. The van der Waals surface area contributed by atoms with Crippen molar-refractivity contribution in [1.82, 2.24) is 0 Å². The summed E-state index contributed by atoms with van der Waals surface area (Å²) in [5.41, 5.74) is 0. The standard InChI is InChI=1S/C8H16.C3H6/c1-4-6-8(3)7-5-2;1-3-2/h4,8H,1,5-7H2,2-3H3;3H,1H2,2H3. The minimum Gasteiger partial charge on any atom is -0.103 e. The first-order valence-corrected chi connectivity index (χ1v) is 4.40. The third kappa shape index (κ3) is 17.7. The first kappa shape index (κ1) is 13.1. The Labute approximate surface area is 72.0 Å². The molecule has 0 aliphatic heterocycles. The zero-order chi connectivity index (χ0) is 9.11. The fourth-order valence-electron chi connectivity index (χ4n) is 0.895. The molecule has 0 heterocycles.